The first-order valence-corrected chi connectivity index (χ1v) is 29.8. The van der Waals surface area contributed by atoms with Gasteiger partial charge in [0.2, 0.25) is 17.7 Å². The maximum Gasteiger partial charge on any atom is 0.252 e. The third-order valence-corrected chi connectivity index (χ3v) is 15.4. The zero-order valence-electron chi connectivity index (χ0n) is 49.1. The zero-order valence-corrected chi connectivity index (χ0v) is 49.9. The number of benzene rings is 3. The number of hydrogen-bond acceptors (Lipinski definition) is 15. The number of aryl methyl sites for hydroxylation is 1. The van der Waals surface area contributed by atoms with Crippen molar-refractivity contribution in [2.24, 2.45) is 18.4 Å². The summed E-state index contributed by atoms with van der Waals surface area (Å²) >= 11 is 1.60. The van der Waals surface area contributed by atoms with E-state index in [0.717, 1.165) is 77.2 Å². The number of nitrogens with one attached hydrogen (secondary N) is 4. The molecule has 0 aliphatic carbocycles. The van der Waals surface area contributed by atoms with Crippen LogP contribution in [0.4, 0.5) is 5.69 Å². The van der Waals surface area contributed by atoms with Gasteiger partial charge in [-0.05, 0) is 110 Å². The molecule has 0 saturated carbocycles. The number of aromatic nitrogens is 6. The molecule has 4 atom stereocenters. The zero-order chi connectivity index (χ0) is 59.0. The highest BCUT2D eigenvalue weighted by atomic mass is 32.1. The van der Waals surface area contributed by atoms with Crippen LogP contribution in [0.2, 0.25) is 0 Å². The summed E-state index contributed by atoms with van der Waals surface area (Å²) in [5, 5.41) is 21.1. The lowest BCUT2D eigenvalue weighted by Crippen LogP contribution is -2.57. The Bertz CT molecular complexity index is 3000. The van der Waals surface area contributed by atoms with Crippen LogP contribution < -0.4 is 26.0 Å². The van der Waals surface area contributed by atoms with Gasteiger partial charge in [0.1, 0.15) is 29.9 Å². The number of rotatable bonds is 34. The normalized spacial score (nSPS) is 14.9. The molecule has 0 bridgehead atoms. The number of nitrogens with zero attached hydrogens (tertiary/aromatic N) is 7. The van der Waals surface area contributed by atoms with Crippen molar-refractivity contribution in [3.05, 3.63) is 138 Å². The molecule has 1 saturated heterocycles. The number of carbonyl (C=O) groups excluding carboxylic acids is 4. The largest absolute Gasteiger partial charge is 0.494 e. The second-order valence-corrected chi connectivity index (χ2v) is 22.9. The van der Waals surface area contributed by atoms with Crippen LogP contribution in [0.15, 0.2) is 110 Å². The Hall–Kier alpha value is -7.39. The summed E-state index contributed by atoms with van der Waals surface area (Å²) in [6, 6.07) is 23.1. The van der Waals surface area contributed by atoms with Gasteiger partial charge in [0.05, 0.1) is 61.7 Å². The Kier molecular flexibility index (Phi) is 24.7. The predicted octanol–water partition coefficient (Wildman–Crippen LogP) is 9.61. The van der Waals surface area contributed by atoms with Crippen LogP contribution >= 0.6 is 11.3 Å². The van der Waals surface area contributed by atoms with Gasteiger partial charge in [-0.15, -0.1) is 28.1 Å². The lowest BCUT2D eigenvalue weighted by atomic mass is 9.85. The Labute approximate surface area is 492 Å². The first kappa shape index (κ1) is 63.2. The summed E-state index contributed by atoms with van der Waals surface area (Å²) in [5.74, 6) is 1.43. The second kappa shape index (κ2) is 32.5. The average Bonchev–Trinajstić information content (AvgIpc) is 4.36. The molecule has 0 spiro atoms. The van der Waals surface area contributed by atoms with Gasteiger partial charge in [-0.2, -0.15) is 0 Å². The minimum atomic E-state index is -0.762. The van der Waals surface area contributed by atoms with Crippen molar-refractivity contribution < 1.29 is 38.1 Å². The summed E-state index contributed by atoms with van der Waals surface area (Å²) < 4.78 is 25.2. The minimum absolute atomic E-state index is 0.155. The molecule has 1 aliphatic rings. The fourth-order valence-electron chi connectivity index (χ4n) is 9.72. The van der Waals surface area contributed by atoms with E-state index >= 15 is 0 Å². The molecule has 1 aliphatic heterocycles. The summed E-state index contributed by atoms with van der Waals surface area (Å²) in [6.45, 7) is 18.9. The Morgan fingerprint density at radius 1 is 0.807 bits per heavy atom. The number of amides is 4. The van der Waals surface area contributed by atoms with Crippen molar-refractivity contribution in [2.75, 3.05) is 58.1 Å². The van der Waals surface area contributed by atoms with Crippen molar-refractivity contribution in [3.63, 3.8) is 0 Å². The Morgan fingerprint density at radius 3 is 2.20 bits per heavy atom. The number of hydrogen-bond donors (Lipinski definition) is 4. The molecule has 0 unspecified atom stereocenters. The van der Waals surface area contributed by atoms with Gasteiger partial charge in [0, 0.05) is 57.2 Å². The van der Waals surface area contributed by atoms with Gasteiger partial charge in [-0.1, -0.05) is 89.1 Å². The molecule has 6 aromatic rings. The highest BCUT2D eigenvalue weighted by molar-refractivity contribution is 7.13. The summed E-state index contributed by atoms with van der Waals surface area (Å²) in [5.41, 5.74) is 7.16. The molecular formula is C63H83N11O8S. The van der Waals surface area contributed by atoms with Gasteiger partial charge in [-0.3, -0.25) is 19.2 Å². The molecule has 19 nitrogen and oxygen atoms in total. The topological polar surface area (TPSA) is 226 Å². The minimum Gasteiger partial charge on any atom is -0.494 e. The number of likely N-dealkylation sites (tertiary alicyclic amines) is 1. The SMILES string of the molecule is C=C[C@H](NC(=O)c1cccc(NCc2nnc(-c3ccncn3)n2C)c1)c1cccc(OCCCCCCOCCOCCOCCCCCC(=O)N[C@H](C(=O)N2C[C@H](C)C[C@H]2C(=O)NCc2ccc(-c3scnc3C)cc2)C(C)(C)C)c1. The quantitative estimate of drug-likeness (QED) is 0.0218. The fourth-order valence-corrected chi connectivity index (χ4v) is 10.5. The van der Waals surface area contributed by atoms with E-state index < -0.39 is 23.5 Å². The fraction of sp³-hybridized carbons (Fsp3) is 0.476. The van der Waals surface area contributed by atoms with Crippen molar-refractivity contribution in [1.82, 2.24) is 50.6 Å². The number of anilines is 1. The van der Waals surface area contributed by atoms with E-state index in [9.17, 15) is 19.2 Å². The first-order chi connectivity index (χ1) is 40.2. The van der Waals surface area contributed by atoms with Gasteiger partial charge in [-0.25, -0.2) is 15.0 Å². The van der Waals surface area contributed by atoms with Crippen LogP contribution in [0.3, 0.4) is 0 Å². The predicted molar refractivity (Wildman–Crippen MR) is 322 cm³/mol. The smallest absolute Gasteiger partial charge is 0.252 e. The van der Waals surface area contributed by atoms with E-state index in [0.29, 0.717) is 108 Å². The monoisotopic (exact) mass is 1150 g/mol. The number of unbranched alkanes of at least 4 members (excludes halogenated alkanes) is 5. The summed E-state index contributed by atoms with van der Waals surface area (Å²) in [7, 11) is 1.88. The van der Waals surface area contributed by atoms with Crippen molar-refractivity contribution in [2.45, 2.75) is 124 Å². The highest BCUT2D eigenvalue weighted by Crippen LogP contribution is 2.30. The van der Waals surface area contributed by atoms with Crippen LogP contribution in [0.25, 0.3) is 22.0 Å². The first-order valence-electron chi connectivity index (χ1n) is 28.9. The van der Waals surface area contributed by atoms with Crippen LogP contribution in [0, 0.1) is 18.3 Å². The van der Waals surface area contributed by atoms with E-state index in [-0.39, 0.29) is 29.5 Å². The third kappa shape index (κ3) is 19.6. The summed E-state index contributed by atoms with van der Waals surface area (Å²) in [6.07, 6.45) is 11.9. The molecule has 444 valence electrons. The number of ether oxygens (including phenoxy) is 4. The van der Waals surface area contributed by atoms with Crippen LogP contribution in [-0.2, 0) is 48.7 Å². The van der Waals surface area contributed by atoms with E-state index in [2.05, 4.69) is 59.9 Å². The summed E-state index contributed by atoms with van der Waals surface area (Å²) in [4.78, 5) is 69.6. The van der Waals surface area contributed by atoms with Gasteiger partial charge in [0.15, 0.2) is 11.6 Å². The molecule has 3 aromatic carbocycles. The van der Waals surface area contributed by atoms with Crippen molar-refractivity contribution in [1.29, 1.82) is 0 Å². The molecule has 0 radical (unpaired) electrons. The van der Waals surface area contributed by atoms with Crippen molar-refractivity contribution in [3.8, 4) is 27.7 Å². The lowest BCUT2D eigenvalue weighted by Gasteiger charge is -2.35. The maximum absolute atomic E-state index is 14.1. The molecule has 4 amide bonds. The standard InChI is InChI=1S/C63H83N11O8S/c1-8-52(69-60(76)49-19-16-20-50(37-49)65-40-55-71-72-59(73(55)7)53-27-28-64-42-67-53)48-18-17-21-51(38-48)82-31-15-10-9-13-29-79-32-34-81-35-33-80-30-14-11-12-22-56(75)70-58(63(4,5)6)62(78)74-41-44(2)36-54(74)61(77)66-39-46-23-25-47(26-24-46)57-45(3)68-43-83-57/h8,16-21,23-28,37-38,42-44,52,54,58,65H,1,9-15,22,29-36,39-41H2,2-7H3,(H,66,77)(H,69,76)(H,70,75)/t44-,52+,54+,58-/m1/s1. The maximum atomic E-state index is 14.1. The molecule has 7 rings (SSSR count). The van der Waals surface area contributed by atoms with E-state index in [1.165, 1.54) is 6.33 Å². The average molecular weight is 1150 g/mol. The van der Waals surface area contributed by atoms with Gasteiger partial charge in [0.25, 0.3) is 5.91 Å². The molecule has 83 heavy (non-hydrogen) atoms. The van der Waals surface area contributed by atoms with Gasteiger partial charge < -0.3 is 49.7 Å². The van der Waals surface area contributed by atoms with Crippen molar-refractivity contribution >= 4 is 40.7 Å². The molecule has 20 heteroatoms. The Morgan fingerprint density at radius 2 is 1.52 bits per heavy atom. The van der Waals surface area contributed by atoms with Crippen LogP contribution in [-0.4, -0.2) is 123 Å². The Balaban J connectivity index is 0.675. The molecule has 1 fully saturated rings. The van der Waals surface area contributed by atoms with Crippen LogP contribution in [0.5, 0.6) is 5.75 Å². The molecule has 4 N–H and O–H groups in total. The number of thiazole rings is 1. The van der Waals surface area contributed by atoms with E-state index in [1.807, 2.05) is 105 Å². The van der Waals surface area contributed by atoms with E-state index in [1.54, 1.807) is 46.7 Å². The number of carbonyl (C=O) groups is 4. The lowest BCUT2D eigenvalue weighted by molar-refractivity contribution is -0.144. The molecule has 4 heterocycles. The third-order valence-electron chi connectivity index (χ3n) is 14.4. The van der Waals surface area contributed by atoms with Crippen LogP contribution in [0.1, 0.15) is 125 Å². The molecular weight excluding hydrogens is 1070 g/mol. The molecule has 3 aromatic heterocycles. The highest BCUT2D eigenvalue weighted by Gasteiger charge is 2.43. The second-order valence-electron chi connectivity index (χ2n) is 22.1. The van der Waals surface area contributed by atoms with E-state index in [4.69, 9.17) is 18.9 Å². The van der Waals surface area contributed by atoms with Gasteiger partial charge >= 0.3 is 0 Å².